The van der Waals surface area contributed by atoms with Crippen LogP contribution in [-0.4, -0.2) is 18.5 Å². The van der Waals surface area contributed by atoms with Gasteiger partial charge in [0.15, 0.2) is 0 Å². The van der Waals surface area contributed by atoms with Crippen LogP contribution < -0.4 is 5.32 Å². The van der Waals surface area contributed by atoms with Crippen molar-refractivity contribution < 1.29 is 18.7 Å². The van der Waals surface area contributed by atoms with Crippen molar-refractivity contribution in [2.45, 2.75) is 19.3 Å². The largest absolute Gasteiger partial charge is 0.461 e. The molecule has 0 saturated heterocycles. The highest BCUT2D eigenvalue weighted by Crippen LogP contribution is 2.31. The summed E-state index contributed by atoms with van der Waals surface area (Å²) >= 11 is 1.21. The van der Waals surface area contributed by atoms with E-state index in [1.807, 2.05) is 0 Å². The minimum atomic E-state index is -0.413. The molecule has 120 valence electrons. The predicted octanol–water partition coefficient (Wildman–Crippen LogP) is 3.64. The molecule has 1 aromatic carbocycles. The van der Waals surface area contributed by atoms with E-state index in [1.165, 1.54) is 23.5 Å². The van der Waals surface area contributed by atoms with Crippen LogP contribution in [-0.2, 0) is 16.0 Å². The van der Waals surface area contributed by atoms with E-state index >= 15 is 0 Å². The summed E-state index contributed by atoms with van der Waals surface area (Å²) in [5.41, 5.74) is 0.905. The SMILES string of the molecule is O=C(OCCc1ccc(F)cc1)c1ccc(NC(=O)C2CC2)s1. The van der Waals surface area contributed by atoms with Crippen LogP contribution in [0.3, 0.4) is 0 Å². The van der Waals surface area contributed by atoms with E-state index in [4.69, 9.17) is 4.74 Å². The van der Waals surface area contributed by atoms with Crippen LogP contribution >= 0.6 is 11.3 Å². The Balaban J connectivity index is 1.47. The fourth-order valence-electron chi connectivity index (χ4n) is 2.07. The Kier molecular flexibility index (Phi) is 4.71. The van der Waals surface area contributed by atoms with Gasteiger partial charge in [-0.05, 0) is 42.7 Å². The van der Waals surface area contributed by atoms with Gasteiger partial charge >= 0.3 is 5.97 Å². The third-order valence-electron chi connectivity index (χ3n) is 3.54. The fourth-order valence-corrected chi connectivity index (χ4v) is 2.87. The minimum Gasteiger partial charge on any atom is -0.461 e. The number of benzene rings is 1. The maximum absolute atomic E-state index is 12.8. The topological polar surface area (TPSA) is 55.4 Å². The molecule has 0 bridgehead atoms. The van der Waals surface area contributed by atoms with Gasteiger partial charge in [0.05, 0.1) is 11.6 Å². The standard InChI is InChI=1S/C17H16FNO3S/c18-13-5-1-11(2-6-13)9-10-22-17(21)14-7-8-15(23-14)19-16(20)12-3-4-12/h1-2,5-8,12H,3-4,9-10H2,(H,19,20). The average molecular weight is 333 g/mol. The molecule has 1 aliphatic carbocycles. The maximum atomic E-state index is 12.8. The van der Waals surface area contributed by atoms with E-state index in [0.29, 0.717) is 16.3 Å². The van der Waals surface area contributed by atoms with E-state index in [0.717, 1.165) is 18.4 Å². The van der Waals surface area contributed by atoms with Crippen molar-refractivity contribution in [1.82, 2.24) is 0 Å². The van der Waals surface area contributed by atoms with Crippen LogP contribution in [0.2, 0.25) is 0 Å². The number of ether oxygens (including phenoxy) is 1. The third-order valence-corrected chi connectivity index (χ3v) is 4.52. The highest BCUT2D eigenvalue weighted by atomic mass is 32.1. The molecule has 1 fully saturated rings. The molecular formula is C17H16FNO3S. The van der Waals surface area contributed by atoms with Gasteiger partial charge in [-0.3, -0.25) is 4.79 Å². The molecule has 1 saturated carbocycles. The molecule has 0 radical (unpaired) electrons. The molecule has 1 N–H and O–H groups in total. The second-order valence-electron chi connectivity index (χ2n) is 5.44. The van der Waals surface area contributed by atoms with Crippen molar-refractivity contribution in [3.63, 3.8) is 0 Å². The van der Waals surface area contributed by atoms with Gasteiger partial charge in [-0.15, -0.1) is 11.3 Å². The zero-order valence-electron chi connectivity index (χ0n) is 12.4. The van der Waals surface area contributed by atoms with Gasteiger partial charge in [0, 0.05) is 12.3 Å². The second kappa shape index (κ2) is 6.91. The molecule has 0 unspecified atom stereocenters. The van der Waals surface area contributed by atoms with Crippen molar-refractivity contribution in [3.05, 3.63) is 52.7 Å². The lowest BCUT2D eigenvalue weighted by Crippen LogP contribution is -2.12. The van der Waals surface area contributed by atoms with Gasteiger partial charge in [0.2, 0.25) is 5.91 Å². The molecule has 3 rings (SSSR count). The summed E-state index contributed by atoms with van der Waals surface area (Å²) in [5.74, 6) is -0.555. The van der Waals surface area contributed by atoms with Gasteiger partial charge < -0.3 is 10.1 Å². The normalized spacial score (nSPS) is 13.6. The molecule has 23 heavy (non-hydrogen) atoms. The van der Waals surface area contributed by atoms with Crippen LogP contribution in [0.5, 0.6) is 0 Å². The molecule has 1 aliphatic rings. The van der Waals surface area contributed by atoms with Crippen LogP contribution in [0.15, 0.2) is 36.4 Å². The first kappa shape index (κ1) is 15.7. The Hall–Kier alpha value is -2.21. The zero-order chi connectivity index (χ0) is 16.2. The van der Waals surface area contributed by atoms with Crippen molar-refractivity contribution >= 4 is 28.2 Å². The Morgan fingerprint density at radius 1 is 1.17 bits per heavy atom. The van der Waals surface area contributed by atoms with Crippen molar-refractivity contribution in [1.29, 1.82) is 0 Å². The van der Waals surface area contributed by atoms with Crippen LogP contribution in [0.4, 0.5) is 9.39 Å². The smallest absolute Gasteiger partial charge is 0.348 e. The number of amides is 1. The number of nitrogens with one attached hydrogen (secondary N) is 1. The number of hydrogen-bond acceptors (Lipinski definition) is 4. The molecule has 0 atom stereocenters. The Labute approximate surface area is 137 Å². The minimum absolute atomic E-state index is 0.0167. The molecule has 4 nitrogen and oxygen atoms in total. The van der Waals surface area contributed by atoms with Gasteiger partial charge in [0.1, 0.15) is 10.7 Å². The third kappa shape index (κ3) is 4.39. The summed E-state index contributed by atoms with van der Waals surface area (Å²) in [6, 6.07) is 9.45. The first-order valence-electron chi connectivity index (χ1n) is 7.44. The summed E-state index contributed by atoms with van der Waals surface area (Å²) in [7, 11) is 0. The highest BCUT2D eigenvalue weighted by Gasteiger charge is 2.29. The van der Waals surface area contributed by atoms with E-state index in [-0.39, 0.29) is 24.2 Å². The lowest BCUT2D eigenvalue weighted by Gasteiger charge is -2.03. The number of halogens is 1. The number of thiophene rings is 1. The van der Waals surface area contributed by atoms with Gasteiger partial charge in [-0.1, -0.05) is 12.1 Å². The summed E-state index contributed by atoms with van der Waals surface area (Å²) in [4.78, 5) is 24.1. The first-order chi connectivity index (χ1) is 11.1. The van der Waals surface area contributed by atoms with Gasteiger partial charge in [-0.25, -0.2) is 9.18 Å². The maximum Gasteiger partial charge on any atom is 0.348 e. The number of carbonyl (C=O) groups excluding carboxylic acids is 2. The van der Waals surface area contributed by atoms with Crippen LogP contribution in [0, 0.1) is 11.7 Å². The molecule has 1 aromatic heterocycles. The Morgan fingerprint density at radius 3 is 2.61 bits per heavy atom. The van der Waals surface area contributed by atoms with Crippen LogP contribution in [0.25, 0.3) is 0 Å². The van der Waals surface area contributed by atoms with Crippen molar-refractivity contribution in [3.8, 4) is 0 Å². The van der Waals surface area contributed by atoms with Crippen molar-refractivity contribution in [2.24, 2.45) is 5.92 Å². The monoisotopic (exact) mass is 333 g/mol. The predicted molar refractivity (Wildman–Crippen MR) is 86.1 cm³/mol. The number of esters is 1. The zero-order valence-corrected chi connectivity index (χ0v) is 13.2. The number of carbonyl (C=O) groups is 2. The quantitative estimate of drug-likeness (QED) is 0.821. The van der Waals surface area contributed by atoms with E-state index in [1.54, 1.807) is 24.3 Å². The van der Waals surface area contributed by atoms with Gasteiger partial charge in [-0.2, -0.15) is 0 Å². The number of hydrogen-bond donors (Lipinski definition) is 1. The molecule has 6 heteroatoms. The summed E-state index contributed by atoms with van der Waals surface area (Å²) in [5, 5.41) is 3.46. The molecular weight excluding hydrogens is 317 g/mol. The highest BCUT2D eigenvalue weighted by molar-refractivity contribution is 7.18. The van der Waals surface area contributed by atoms with Crippen LogP contribution in [0.1, 0.15) is 28.1 Å². The van der Waals surface area contributed by atoms with E-state index in [2.05, 4.69) is 5.32 Å². The summed E-state index contributed by atoms with van der Waals surface area (Å²) < 4.78 is 18.0. The van der Waals surface area contributed by atoms with Crippen molar-refractivity contribution in [2.75, 3.05) is 11.9 Å². The number of rotatable bonds is 6. The lowest BCUT2D eigenvalue weighted by atomic mass is 10.2. The first-order valence-corrected chi connectivity index (χ1v) is 8.26. The number of anilines is 1. The Morgan fingerprint density at radius 2 is 1.91 bits per heavy atom. The van der Waals surface area contributed by atoms with Gasteiger partial charge in [0.25, 0.3) is 0 Å². The molecule has 0 spiro atoms. The summed E-state index contributed by atoms with van der Waals surface area (Å²) in [6.07, 6.45) is 2.41. The lowest BCUT2D eigenvalue weighted by molar-refractivity contribution is -0.117. The fraction of sp³-hybridized carbons (Fsp3) is 0.294. The van der Waals surface area contributed by atoms with E-state index < -0.39 is 5.97 Å². The summed E-state index contributed by atoms with van der Waals surface area (Å²) in [6.45, 7) is 0.228. The molecule has 1 heterocycles. The average Bonchev–Trinajstić information content (AvgIpc) is 3.29. The Bertz CT molecular complexity index is 707. The molecule has 1 amide bonds. The molecule has 2 aromatic rings. The molecule has 0 aliphatic heterocycles. The second-order valence-corrected chi connectivity index (χ2v) is 6.52. The van der Waals surface area contributed by atoms with E-state index in [9.17, 15) is 14.0 Å².